The van der Waals surface area contributed by atoms with E-state index in [0.29, 0.717) is 5.56 Å². The van der Waals surface area contributed by atoms with E-state index < -0.39 is 12.4 Å². The van der Waals surface area contributed by atoms with Crippen molar-refractivity contribution in [3.05, 3.63) is 23.0 Å². The molecule has 0 fully saturated rings. The minimum absolute atomic E-state index is 0.0473. The van der Waals surface area contributed by atoms with E-state index in [0.717, 1.165) is 0 Å². The minimum atomic E-state index is -2.67. The third-order valence-corrected chi connectivity index (χ3v) is 2.43. The average Bonchev–Trinajstić information content (AvgIpc) is 2.29. The summed E-state index contributed by atoms with van der Waals surface area (Å²) in [5.41, 5.74) is 0.353. The summed E-state index contributed by atoms with van der Waals surface area (Å²) in [6.07, 6.45) is -1.49. The molecule has 0 N–H and O–H groups in total. The Labute approximate surface area is 104 Å². The first-order chi connectivity index (χ1) is 8.51. The number of hydrogen-bond donors (Lipinski definition) is 0. The molecular formula is C12H15F2NO3. The number of ether oxygens (including phenoxy) is 2. The third-order valence-electron chi connectivity index (χ3n) is 2.43. The van der Waals surface area contributed by atoms with Crippen LogP contribution in [0.5, 0.6) is 5.75 Å². The summed E-state index contributed by atoms with van der Waals surface area (Å²) in [6.45, 7) is 3.45. The number of esters is 1. The van der Waals surface area contributed by atoms with Gasteiger partial charge in [0.1, 0.15) is 11.4 Å². The Morgan fingerprint density at radius 2 is 2.17 bits per heavy atom. The number of halogens is 2. The van der Waals surface area contributed by atoms with Crippen LogP contribution in [0.15, 0.2) is 6.20 Å². The van der Waals surface area contributed by atoms with E-state index in [1.54, 1.807) is 6.92 Å². The van der Waals surface area contributed by atoms with Crippen LogP contribution in [0.3, 0.4) is 0 Å². The first kappa shape index (κ1) is 14.3. The van der Waals surface area contributed by atoms with Crippen molar-refractivity contribution in [3.63, 3.8) is 0 Å². The summed E-state index contributed by atoms with van der Waals surface area (Å²) in [4.78, 5) is 15.0. The molecule has 0 spiro atoms. The lowest BCUT2D eigenvalue weighted by Gasteiger charge is -2.13. The maximum atomic E-state index is 12.6. The summed E-state index contributed by atoms with van der Waals surface area (Å²) in [7, 11) is 1.37. The van der Waals surface area contributed by atoms with Crippen LogP contribution in [-0.2, 0) is 16.0 Å². The second kappa shape index (κ2) is 6.28. The number of carbonyl (C=O) groups excluding carboxylic acids is 1. The normalized spacial score (nSPS) is 10.6. The van der Waals surface area contributed by atoms with Gasteiger partial charge in [-0.1, -0.05) is 0 Å². The van der Waals surface area contributed by atoms with E-state index in [-0.39, 0.29) is 30.0 Å². The second-order valence-corrected chi connectivity index (χ2v) is 3.61. The average molecular weight is 259 g/mol. The van der Waals surface area contributed by atoms with Crippen molar-refractivity contribution in [3.8, 4) is 5.75 Å². The molecule has 0 amide bonds. The van der Waals surface area contributed by atoms with Crippen LogP contribution < -0.4 is 4.74 Å². The molecule has 18 heavy (non-hydrogen) atoms. The zero-order chi connectivity index (χ0) is 13.7. The number of nitrogens with zero attached hydrogens (tertiary/aromatic N) is 1. The van der Waals surface area contributed by atoms with Crippen LogP contribution in [0.2, 0.25) is 0 Å². The largest absolute Gasteiger partial charge is 0.496 e. The highest BCUT2D eigenvalue weighted by molar-refractivity contribution is 5.73. The van der Waals surface area contributed by atoms with Crippen molar-refractivity contribution < 1.29 is 23.0 Å². The van der Waals surface area contributed by atoms with Crippen molar-refractivity contribution >= 4 is 5.97 Å². The lowest BCUT2D eigenvalue weighted by atomic mass is 10.1. The summed E-state index contributed by atoms with van der Waals surface area (Å²) in [5, 5.41) is 0. The molecule has 0 unspecified atom stereocenters. The summed E-state index contributed by atoms with van der Waals surface area (Å²) >= 11 is 0. The molecule has 1 aromatic heterocycles. The van der Waals surface area contributed by atoms with Crippen LogP contribution in [-0.4, -0.2) is 24.7 Å². The van der Waals surface area contributed by atoms with E-state index in [4.69, 9.17) is 9.47 Å². The lowest BCUT2D eigenvalue weighted by Crippen LogP contribution is -2.10. The molecular weight excluding hydrogens is 244 g/mol. The standard InChI is InChI=1S/C12H15F2NO3/c1-4-18-9(16)5-8-6-15-10(12(13)14)7(2)11(8)17-3/h6,12H,4-5H2,1-3H3. The van der Waals surface area contributed by atoms with Gasteiger partial charge >= 0.3 is 5.97 Å². The van der Waals surface area contributed by atoms with Crippen LogP contribution in [0.4, 0.5) is 8.78 Å². The monoisotopic (exact) mass is 259 g/mol. The highest BCUT2D eigenvalue weighted by Gasteiger charge is 2.20. The van der Waals surface area contributed by atoms with Crippen LogP contribution in [0.25, 0.3) is 0 Å². The highest BCUT2D eigenvalue weighted by atomic mass is 19.3. The molecule has 0 radical (unpaired) electrons. The first-order valence-corrected chi connectivity index (χ1v) is 5.47. The summed E-state index contributed by atoms with van der Waals surface area (Å²) < 4.78 is 35.2. The fraction of sp³-hybridized carbons (Fsp3) is 0.500. The Bertz CT molecular complexity index is 436. The van der Waals surface area contributed by atoms with Gasteiger partial charge in [-0.05, 0) is 13.8 Å². The number of rotatable bonds is 5. The third kappa shape index (κ3) is 3.15. The topological polar surface area (TPSA) is 48.4 Å². The number of carbonyl (C=O) groups is 1. The van der Waals surface area contributed by atoms with E-state index in [1.807, 2.05) is 0 Å². The molecule has 0 aliphatic heterocycles. The molecule has 4 nitrogen and oxygen atoms in total. The quantitative estimate of drug-likeness (QED) is 0.762. The molecule has 0 aliphatic rings. The molecule has 0 aliphatic carbocycles. The molecule has 0 saturated heterocycles. The summed E-state index contributed by atoms with van der Waals surface area (Å²) in [5.74, 6) is -0.185. The van der Waals surface area contributed by atoms with Gasteiger partial charge in [-0.2, -0.15) is 0 Å². The Balaban J connectivity index is 3.07. The number of aromatic nitrogens is 1. The smallest absolute Gasteiger partial charge is 0.310 e. The molecule has 1 aromatic rings. The minimum Gasteiger partial charge on any atom is -0.496 e. The fourth-order valence-corrected chi connectivity index (χ4v) is 1.66. The van der Waals surface area contributed by atoms with Gasteiger partial charge in [0.05, 0.1) is 20.1 Å². The van der Waals surface area contributed by atoms with E-state index in [1.165, 1.54) is 20.2 Å². The zero-order valence-electron chi connectivity index (χ0n) is 10.5. The van der Waals surface area contributed by atoms with Crippen molar-refractivity contribution in [1.29, 1.82) is 0 Å². The number of methoxy groups -OCH3 is 1. The van der Waals surface area contributed by atoms with Gasteiger partial charge in [-0.15, -0.1) is 0 Å². The molecule has 1 heterocycles. The van der Waals surface area contributed by atoms with E-state index in [9.17, 15) is 13.6 Å². The van der Waals surface area contributed by atoms with Crippen molar-refractivity contribution in [2.45, 2.75) is 26.7 Å². The van der Waals surface area contributed by atoms with E-state index >= 15 is 0 Å². The van der Waals surface area contributed by atoms with E-state index in [2.05, 4.69) is 4.98 Å². The Morgan fingerprint density at radius 1 is 1.50 bits per heavy atom. The zero-order valence-corrected chi connectivity index (χ0v) is 10.5. The number of hydrogen-bond acceptors (Lipinski definition) is 4. The Hall–Kier alpha value is -1.72. The van der Waals surface area contributed by atoms with Gasteiger partial charge in [0.25, 0.3) is 6.43 Å². The highest BCUT2D eigenvalue weighted by Crippen LogP contribution is 2.30. The first-order valence-electron chi connectivity index (χ1n) is 5.47. The molecule has 0 saturated carbocycles. The van der Waals surface area contributed by atoms with Crippen molar-refractivity contribution in [2.24, 2.45) is 0 Å². The van der Waals surface area contributed by atoms with Gasteiger partial charge in [0, 0.05) is 17.3 Å². The predicted octanol–water partition coefficient (Wildman–Crippen LogP) is 2.44. The lowest BCUT2D eigenvalue weighted by molar-refractivity contribution is -0.142. The van der Waals surface area contributed by atoms with Gasteiger partial charge < -0.3 is 9.47 Å². The number of pyridine rings is 1. The predicted molar refractivity (Wildman–Crippen MR) is 60.8 cm³/mol. The molecule has 0 bridgehead atoms. The Morgan fingerprint density at radius 3 is 2.67 bits per heavy atom. The molecule has 0 atom stereocenters. The Kier molecular flexibility index (Phi) is 5.00. The van der Waals surface area contributed by atoms with Gasteiger partial charge in [-0.25, -0.2) is 8.78 Å². The van der Waals surface area contributed by atoms with Crippen LogP contribution in [0, 0.1) is 6.92 Å². The SMILES string of the molecule is CCOC(=O)Cc1cnc(C(F)F)c(C)c1OC. The fourth-order valence-electron chi connectivity index (χ4n) is 1.66. The maximum Gasteiger partial charge on any atom is 0.310 e. The summed E-state index contributed by atoms with van der Waals surface area (Å²) in [6, 6.07) is 0. The maximum absolute atomic E-state index is 12.6. The van der Waals surface area contributed by atoms with Gasteiger partial charge in [0.15, 0.2) is 0 Å². The molecule has 6 heteroatoms. The van der Waals surface area contributed by atoms with Gasteiger partial charge in [0.2, 0.25) is 0 Å². The van der Waals surface area contributed by atoms with Crippen LogP contribution >= 0.6 is 0 Å². The van der Waals surface area contributed by atoms with Crippen LogP contribution in [0.1, 0.15) is 30.2 Å². The molecule has 0 aromatic carbocycles. The molecule has 1 rings (SSSR count). The second-order valence-electron chi connectivity index (χ2n) is 3.61. The van der Waals surface area contributed by atoms with Crippen molar-refractivity contribution in [2.75, 3.05) is 13.7 Å². The molecule has 100 valence electrons. The van der Waals surface area contributed by atoms with Crippen molar-refractivity contribution in [1.82, 2.24) is 4.98 Å². The number of alkyl halides is 2. The van der Waals surface area contributed by atoms with Gasteiger partial charge in [-0.3, -0.25) is 9.78 Å².